The van der Waals surface area contributed by atoms with Crippen LogP contribution in [0.15, 0.2) is 155 Å². The van der Waals surface area contributed by atoms with Crippen LogP contribution in [-0.4, -0.2) is 19.9 Å². The third-order valence-corrected chi connectivity index (χ3v) is 9.06. The Morgan fingerprint density at radius 3 is 1.71 bits per heavy atom. The molecule has 0 fully saturated rings. The second-order valence-electron chi connectivity index (χ2n) is 11.8. The largest absolute Gasteiger partial charge is 0.456 e. The summed E-state index contributed by atoms with van der Waals surface area (Å²) in [7, 11) is 0. The molecule has 6 nitrogen and oxygen atoms in total. The van der Waals surface area contributed by atoms with Gasteiger partial charge in [0.2, 0.25) is 0 Å². The van der Waals surface area contributed by atoms with Gasteiger partial charge in [0.25, 0.3) is 0 Å². The number of para-hydroxylation sites is 1. The number of fused-ring (bicyclic) bond motifs is 7. The van der Waals surface area contributed by atoms with E-state index in [1.165, 1.54) is 0 Å². The summed E-state index contributed by atoms with van der Waals surface area (Å²) in [6.07, 6.45) is 3.57. The number of hydrogen-bond donors (Lipinski definition) is 0. The second kappa shape index (κ2) is 10.4. The lowest BCUT2D eigenvalue weighted by Gasteiger charge is -2.14. The van der Waals surface area contributed by atoms with Crippen LogP contribution in [0.3, 0.4) is 0 Å². The Morgan fingerprint density at radius 1 is 0.354 bits per heavy atom. The van der Waals surface area contributed by atoms with E-state index < -0.39 is 0 Å². The molecule has 10 aromatic rings. The third kappa shape index (κ3) is 4.06. The summed E-state index contributed by atoms with van der Waals surface area (Å²) in [6.45, 7) is 0. The lowest BCUT2D eigenvalue weighted by atomic mass is 9.92. The Kier molecular flexibility index (Phi) is 5.77. The van der Waals surface area contributed by atoms with E-state index in [0.717, 1.165) is 82.5 Å². The van der Waals surface area contributed by atoms with Gasteiger partial charge in [0.05, 0.1) is 0 Å². The van der Waals surface area contributed by atoms with Gasteiger partial charge in [0.15, 0.2) is 17.5 Å². The van der Waals surface area contributed by atoms with Gasteiger partial charge < -0.3 is 8.83 Å². The number of benzene rings is 6. The molecule has 0 bridgehead atoms. The highest BCUT2D eigenvalue weighted by atomic mass is 16.3. The molecule has 6 aromatic carbocycles. The maximum atomic E-state index is 6.24. The zero-order chi connectivity index (χ0) is 31.6. The fourth-order valence-corrected chi connectivity index (χ4v) is 6.92. The molecule has 10 rings (SSSR count). The summed E-state index contributed by atoms with van der Waals surface area (Å²) in [5.74, 6) is 1.76. The van der Waals surface area contributed by atoms with Crippen LogP contribution in [0.25, 0.3) is 99.9 Å². The molecule has 0 amide bonds. The minimum atomic E-state index is 0.568. The molecule has 0 spiro atoms. The van der Waals surface area contributed by atoms with E-state index in [9.17, 15) is 0 Å². The Morgan fingerprint density at radius 2 is 0.917 bits per heavy atom. The predicted octanol–water partition coefficient (Wildman–Crippen LogP) is 10.9. The molecule has 224 valence electrons. The normalized spacial score (nSPS) is 11.8. The van der Waals surface area contributed by atoms with Crippen LogP contribution in [0, 0.1) is 0 Å². The maximum Gasteiger partial charge on any atom is 0.164 e. The van der Waals surface area contributed by atoms with Crippen LogP contribution in [0.2, 0.25) is 0 Å². The molecular weight excluding hydrogens is 592 g/mol. The van der Waals surface area contributed by atoms with Gasteiger partial charge in [-0.3, -0.25) is 4.98 Å². The van der Waals surface area contributed by atoms with Gasteiger partial charge in [-0.2, -0.15) is 0 Å². The van der Waals surface area contributed by atoms with Crippen molar-refractivity contribution in [1.29, 1.82) is 0 Å². The van der Waals surface area contributed by atoms with Crippen molar-refractivity contribution in [2.24, 2.45) is 0 Å². The highest BCUT2D eigenvalue weighted by Gasteiger charge is 2.20. The van der Waals surface area contributed by atoms with E-state index in [-0.39, 0.29) is 0 Å². The van der Waals surface area contributed by atoms with E-state index in [4.69, 9.17) is 23.8 Å². The standard InChI is InChI=1S/C42H24N4O2/c1-2-10-25(11-3-1)40-44-41(46-42(45-40)32-16-9-19-37-39(32)33-24-43-23-22-35(33)48-37)30-21-20-28(26-12-4-5-13-27(26)30)29-15-8-18-36-38(29)31-14-6-7-17-34(31)47-36/h1-24H. The van der Waals surface area contributed by atoms with Crippen molar-refractivity contribution < 1.29 is 8.83 Å². The Bertz CT molecular complexity index is 2850. The zero-order valence-electron chi connectivity index (χ0n) is 25.5. The summed E-state index contributed by atoms with van der Waals surface area (Å²) in [5.41, 5.74) is 8.20. The maximum absolute atomic E-state index is 6.24. The summed E-state index contributed by atoms with van der Waals surface area (Å²) in [5, 5.41) is 6.20. The van der Waals surface area contributed by atoms with Gasteiger partial charge in [-0.15, -0.1) is 0 Å². The quantitative estimate of drug-likeness (QED) is 0.196. The van der Waals surface area contributed by atoms with Crippen molar-refractivity contribution in [2.45, 2.75) is 0 Å². The molecule has 4 heterocycles. The van der Waals surface area contributed by atoms with Crippen molar-refractivity contribution >= 4 is 54.6 Å². The van der Waals surface area contributed by atoms with Crippen LogP contribution >= 0.6 is 0 Å². The Labute approximate surface area is 274 Å². The van der Waals surface area contributed by atoms with Crippen LogP contribution in [-0.2, 0) is 0 Å². The van der Waals surface area contributed by atoms with Crippen molar-refractivity contribution in [3.63, 3.8) is 0 Å². The number of nitrogens with zero attached hydrogens (tertiary/aromatic N) is 4. The van der Waals surface area contributed by atoms with E-state index >= 15 is 0 Å². The first-order valence-corrected chi connectivity index (χ1v) is 15.8. The summed E-state index contributed by atoms with van der Waals surface area (Å²) >= 11 is 0. The topological polar surface area (TPSA) is 77.8 Å². The monoisotopic (exact) mass is 616 g/mol. The van der Waals surface area contributed by atoms with Gasteiger partial charge in [-0.25, -0.2) is 15.0 Å². The zero-order valence-corrected chi connectivity index (χ0v) is 25.5. The molecule has 0 atom stereocenters. The lowest BCUT2D eigenvalue weighted by Crippen LogP contribution is -2.01. The number of furan rings is 2. The SMILES string of the molecule is c1ccc(-c2nc(-c3ccc(-c4cccc5oc6ccccc6c45)c4ccccc34)nc(-c3cccc4oc5ccncc5c34)n2)cc1. The summed E-state index contributed by atoms with van der Waals surface area (Å²) in [6, 6.07) is 45.1. The van der Waals surface area contributed by atoms with Gasteiger partial charge in [-0.1, -0.05) is 103 Å². The molecule has 4 aromatic heterocycles. The number of aromatic nitrogens is 4. The average Bonchev–Trinajstić information content (AvgIpc) is 3.73. The third-order valence-electron chi connectivity index (χ3n) is 9.06. The van der Waals surface area contributed by atoms with Gasteiger partial charge in [0.1, 0.15) is 22.3 Å². The lowest BCUT2D eigenvalue weighted by molar-refractivity contribution is 0.668. The van der Waals surface area contributed by atoms with E-state index in [1.807, 2.05) is 79.0 Å². The van der Waals surface area contributed by atoms with Gasteiger partial charge in [-0.05, 0) is 52.2 Å². The molecule has 0 radical (unpaired) electrons. The molecule has 0 N–H and O–H groups in total. The molecule has 0 saturated carbocycles. The van der Waals surface area contributed by atoms with Gasteiger partial charge >= 0.3 is 0 Å². The first-order valence-electron chi connectivity index (χ1n) is 15.8. The first-order chi connectivity index (χ1) is 23.8. The molecular formula is C42H24N4O2. The fraction of sp³-hybridized carbons (Fsp3) is 0. The molecule has 0 aliphatic heterocycles. The highest BCUT2D eigenvalue weighted by Crippen LogP contribution is 2.42. The second-order valence-corrected chi connectivity index (χ2v) is 11.8. The van der Waals surface area contributed by atoms with Crippen molar-refractivity contribution in [1.82, 2.24) is 19.9 Å². The molecule has 48 heavy (non-hydrogen) atoms. The first kappa shape index (κ1) is 26.5. The van der Waals surface area contributed by atoms with Crippen molar-refractivity contribution in [3.05, 3.63) is 146 Å². The summed E-state index contributed by atoms with van der Waals surface area (Å²) < 4.78 is 12.4. The molecule has 6 heteroatoms. The van der Waals surface area contributed by atoms with Crippen LogP contribution in [0.1, 0.15) is 0 Å². The van der Waals surface area contributed by atoms with Gasteiger partial charge in [0, 0.05) is 50.6 Å². The number of pyridine rings is 1. The fourth-order valence-electron chi connectivity index (χ4n) is 6.92. The van der Waals surface area contributed by atoms with E-state index in [1.54, 1.807) is 6.20 Å². The van der Waals surface area contributed by atoms with Crippen LogP contribution < -0.4 is 0 Å². The molecule has 0 aliphatic carbocycles. The van der Waals surface area contributed by atoms with E-state index in [2.05, 4.69) is 65.6 Å². The summed E-state index contributed by atoms with van der Waals surface area (Å²) in [4.78, 5) is 19.7. The minimum Gasteiger partial charge on any atom is -0.456 e. The molecule has 0 saturated heterocycles. The average molecular weight is 617 g/mol. The van der Waals surface area contributed by atoms with Crippen LogP contribution in [0.5, 0.6) is 0 Å². The molecule has 0 aliphatic rings. The Balaban J connectivity index is 1.23. The number of hydrogen-bond acceptors (Lipinski definition) is 6. The van der Waals surface area contributed by atoms with Crippen molar-refractivity contribution in [3.8, 4) is 45.3 Å². The van der Waals surface area contributed by atoms with E-state index in [0.29, 0.717) is 17.5 Å². The minimum absolute atomic E-state index is 0.568. The van der Waals surface area contributed by atoms with Crippen LogP contribution in [0.4, 0.5) is 0 Å². The van der Waals surface area contributed by atoms with Crippen molar-refractivity contribution in [2.75, 3.05) is 0 Å². The highest BCUT2D eigenvalue weighted by molar-refractivity contribution is 6.16. The Hall–Kier alpha value is -6.66. The molecule has 0 unspecified atom stereocenters. The smallest absolute Gasteiger partial charge is 0.164 e. The predicted molar refractivity (Wildman–Crippen MR) is 191 cm³/mol. The number of rotatable bonds is 4.